The van der Waals surface area contributed by atoms with E-state index in [1.807, 2.05) is 0 Å². The first-order valence-corrected chi connectivity index (χ1v) is 5.75. The summed E-state index contributed by atoms with van der Waals surface area (Å²) in [6.07, 6.45) is 1.51. The Kier molecular flexibility index (Phi) is 3.85. The number of hydrogen-bond acceptors (Lipinski definition) is 2. The van der Waals surface area contributed by atoms with Crippen LogP contribution in [0.25, 0.3) is 0 Å². The number of rotatable bonds is 3. The van der Waals surface area contributed by atoms with Crippen LogP contribution in [0.1, 0.15) is 29.0 Å². The van der Waals surface area contributed by atoms with Crippen LogP contribution in [0.3, 0.4) is 0 Å². The SMILES string of the molecule is CC(NC(=O)c1ccccn1)c1ccc(F)c(F)c1. The number of nitrogens with one attached hydrogen (secondary N) is 1. The molecule has 0 aliphatic carbocycles. The summed E-state index contributed by atoms with van der Waals surface area (Å²) < 4.78 is 25.9. The molecule has 0 saturated carbocycles. The van der Waals surface area contributed by atoms with E-state index in [4.69, 9.17) is 0 Å². The normalized spacial score (nSPS) is 11.9. The monoisotopic (exact) mass is 262 g/mol. The smallest absolute Gasteiger partial charge is 0.270 e. The van der Waals surface area contributed by atoms with Gasteiger partial charge in [-0.25, -0.2) is 8.78 Å². The van der Waals surface area contributed by atoms with Crippen LogP contribution >= 0.6 is 0 Å². The summed E-state index contributed by atoms with van der Waals surface area (Å²) in [5.41, 5.74) is 0.764. The van der Waals surface area contributed by atoms with Gasteiger partial charge >= 0.3 is 0 Å². The molecule has 19 heavy (non-hydrogen) atoms. The Hall–Kier alpha value is -2.30. The molecule has 1 unspecified atom stereocenters. The lowest BCUT2D eigenvalue weighted by Crippen LogP contribution is -2.27. The van der Waals surface area contributed by atoms with Crippen molar-refractivity contribution in [1.29, 1.82) is 0 Å². The number of amides is 1. The largest absolute Gasteiger partial charge is 0.344 e. The van der Waals surface area contributed by atoms with Gasteiger partial charge in [-0.05, 0) is 36.8 Å². The molecule has 0 fully saturated rings. The van der Waals surface area contributed by atoms with E-state index in [0.717, 1.165) is 12.1 Å². The second-order valence-corrected chi connectivity index (χ2v) is 4.08. The molecule has 0 aliphatic rings. The van der Waals surface area contributed by atoms with Gasteiger partial charge < -0.3 is 5.32 Å². The van der Waals surface area contributed by atoms with Gasteiger partial charge in [-0.15, -0.1) is 0 Å². The summed E-state index contributed by atoms with van der Waals surface area (Å²) in [6.45, 7) is 1.69. The van der Waals surface area contributed by atoms with Crippen LogP contribution < -0.4 is 5.32 Å². The number of aromatic nitrogens is 1. The molecule has 1 aromatic carbocycles. The summed E-state index contributed by atoms with van der Waals surface area (Å²) >= 11 is 0. The lowest BCUT2D eigenvalue weighted by Gasteiger charge is -2.14. The third-order valence-corrected chi connectivity index (χ3v) is 2.69. The molecule has 0 saturated heterocycles. The first-order valence-electron chi connectivity index (χ1n) is 5.75. The quantitative estimate of drug-likeness (QED) is 0.924. The number of carbonyl (C=O) groups is 1. The Morgan fingerprint density at radius 2 is 2.00 bits per heavy atom. The van der Waals surface area contributed by atoms with Crippen molar-refractivity contribution >= 4 is 5.91 Å². The van der Waals surface area contributed by atoms with Crippen LogP contribution in [-0.2, 0) is 0 Å². The molecule has 98 valence electrons. The zero-order valence-electron chi connectivity index (χ0n) is 10.2. The maximum atomic E-state index is 13.1. The van der Waals surface area contributed by atoms with Crippen molar-refractivity contribution in [2.24, 2.45) is 0 Å². The van der Waals surface area contributed by atoms with E-state index in [1.165, 1.54) is 12.3 Å². The van der Waals surface area contributed by atoms with E-state index < -0.39 is 17.7 Å². The van der Waals surface area contributed by atoms with Crippen molar-refractivity contribution in [3.8, 4) is 0 Å². The standard InChI is InChI=1S/C14H12F2N2O/c1-9(10-5-6-11(15)12(16)8-10)18-14(19)13-4-2-3-7-17-13/h2-9H,1H3,(H,18,19). The third kappa shape index (κ3) is 3.13. The summed E-state index contributed by atoms with van der Waals surface area (Å²) in [6, 6.07) is 8.08. The molecular formula is C14H12F2N2O. The second kappa shape index (κ2) is 5.56. The zero-order chi connectivity index (χ0) is 13.8. The van der Waals surface area contributed by atoms with Crippen LogP contribution in [0.2, 0.25) is 0 Å². The zero-order valence-corrected chi connectivity index (χ0v) is 10.2. The first kappa shape index (κ1) is 13.1. The molecular weight excluding hydrogens is 250 g/mol. The minimum Gasteiger partial charge on any atom is -0.344 e. The fourth-order valence-electron chi connectivity index (χ4n) is 1.63. The Labute approximate surface area is 109 Å². The molecule has 1 N–H and O–H groups in total. The maximum Gasteiger partial charge on any atom is 0.270 e. The van der Waals surface area contributed by atoms with Crippen LogP contribution in [0.5, 0.6) is 0 Å². The van der Waals surface area contributed by atoms with Gasteiger partial charge in [-0.1, -0.05) is 12.1 Å². The average Bonchev–Trinajstić information content (AvgIpc) is 2.42. The summed E-state index contributed by atoms with van der Waals surface area (Å²) in [7, 11) is 0. The predicted octanol–water partition coefficient (Wildman–Crippen LogP) is 2.85. The van der Waals surface area contributed by atoms with Gasteiger partial charge in [0.1, 0.15) is 5.69 Å². The third-order valence-electron chi connectivity index (χ3n) is 2.69. The number of pyridine rings is 1. The van der Waals surface area contributed by atoms with Crippen LogP contribution in [0.15, 0.2) is 42.6 Å². The summed E-state index contributed by atoms with van der Waals surface area (Å²) in [4.78, 5) is 15.7. The van der Waals surface area contributed by atoms with Gasteiger partial charge in [0, 0.05) is 6.20 Å². The Balaban J connectivity index is 2.10. The lowest BCUT2D eigenvalue weighted by atomic mass is 10.1. The molecule has 3 nitrogen and oxygen atoms in total. The van der Waals surface area contributed by atoms with Gasteiger partial charge in [0.25, 0.3) is 5.91 Å². The molecule has 0 bridgehead atoms. The molecule has 0 spiro atoms. The van der Waals surface area contributed by atoms with Gasteiger partial charge in [0.15, 0.2) is 11.6 Å². The molecule has 0 radical (unpaired) electrons. The van der Waals surface area contributed by atoms with Crippen molar-refractivity contribution in [2.75, 3.05) is 0 Å². The summed E-state index contributed by atoms with van der Waals surface area (Å²) in [5, 5.41) is 2.67. The van der Waals surface area contributed by atoms with Crippen LogP contribution in [0.4, 0.5) is 8.78 Å². The minimum atomic E-state index is -0.934. The molecule has 5 heteroatoms. The highest BCUT2D eigenvalue weighted by molar-refractivity contribution is 5.92. The highest BCUT2D eigenvalue weighted by atomic mass is 19.2. The number of hydrogen-bond donors (Lipinski definition) is 1. The minimum absolute atomic E-state index is 0.275. The lowest BCUT2D eigenvalue weighted by molar-refractivity contribution is 0.0935. The van der Waals surface area contributed by atoms with Crippen LogP contribution in [-0.4, -0.2) is 10.9 Å². The maximum absolute atomic E-state index is 13.1. The van der Waals surface area contributed by atoms with Crippen molar-refractivity contribution in [2.45, 2.75) is 13.0 Å². The molecule has 0 aliphatic heterocycles. The Morgan fingerprint density at radius 3 is 2.63 bits per heavy atom. The fourth-order valence-corrected chi connectivity index (χ4v) is 1.63. The molecule has 1 amide bonds. The second-order valence-electron chi connectivity index (χ2n) is 4.08. The summed E-state index contributed by atoms with van der Waals surface area (Å²) in [5.74, 6) is -2.21. The predicted molar refractivity (Wildman–Crippen MR) is 66.5 cm³/mol. The molecule has 2 aromatic rings. The average molecular weight is 262 g/mol. The first-order chi connectivity index (χ1) is 9.08. The van der Waals surface area contributed by atoms with Crippen molar-refractivity contribution in [3.63, 3.8) is 0 Å². The topological polar surface area (TPSA) is 42.0 Å². The number of nitrogens with zero attached hydrogens (tertiary/aromatic N) is 1. The van der Waals surface area contributed by atoms with Crippen molar-refractivity contribution in [3.05, 3.63) is 65.5 Å². The number of benzene rings is 1. The van der Waals surface area contributed by atoms with Gasteiger partial charge in [-0.2, -0.15) is 0 Å². The number of carbonyl (C=O) groups excluding carboxylic acids is 1. The van der Waals surface area contributed by atoms with Crippen LogP contribution in [0, 0.1) is 11.6 Å². The van der Waals surface area contributed by atoms with Crippen molar-refractivity contribution in [1.82, 2.24) is 10.3 Å². The Bertz CT molecular complexity index is 587. The van der Waals surface area contributed by atoms with E-state index in [0.29, 0.717) is 5.56 Å². The van der Waals surface area contributed by atoms with E-state index in [1.54, 1.807) is 25.1 Å². The van der Waals surface area contributed by atoms with Gasteiger partial charge in [-0.3, -0.25) is 9.78 Å². The fraction of sp³-hybridized carbons (Fsp3) is 0.143. The molecule has 1 aromatic heterocycles. The van der Waals surface area contributed by atoms with E-state index in [9.17, 15) is 13.6 Å². The van der Waals surface area contributed by atoms with E-state index in [2.05, 4.69) is 10.3 Å². The van der Waals surface area contributed by atoms with Crippen molar-refractivity contribution < 1.29 is 13.6 Å². The van der Waals surface area contributed by atoms with Gasteiger partial charge in [0.2, 0.25) is 0 Å². The molecule has 1 heterocycles. The van der Waals surface area contributed by atoms with E-state index >= 15 is 0 Å². The molecule has 1 atom stereocenters. The Morgan fingerprint density at radius 1 is 1.21 bits per heavy atom. The van der Waals surface area contributed by atoms with E-state index in [-0.39, 0.29) is 11.6 Å². The molecule has 2 rings (SSSR count). The highest BCUT2D eigenvalue weighted by Gasteiger charge is 2.13. The highest BCUT2D eigenvalue weighted by Crippen LogP contribution is 2.16. The number of halogens is 2. The van der Waals surface area contributed by atoms with Gasteiger partial charge in [0.05, 0.1) is 6.04 Å².